The van der Waals surface area contributed by atoms with Crippen molar-refractivity contribution in [2.75, 3.05) is 76.1 Å². The molecule has 18 nitrogen and oxygen atoms in total. The van der Waals surface area contributed by atoms with Crippen LogP contribution in [0.15, 0.2) is 79.1 Å². The van der Waals surface area contributed by atoms with Crippen molar-refractivity contribution in [2.45, 2.75) is 62.7 Å². The molecule has 0 aliphatic carbocycles. The fourth-order valence-electron chi connectivity index (χ4n) is 10.7. The van der Waals surface area contributed by atoms with E-state index in [4.69, 9.17) is 15.6 Å². The largest absolute Gasteiger partial charge is 0.457 e. The van der Waals surface area contributed by atoms with E-state index in [0.29, 0.717) is 30.5 Å². The number of nitrogens with two attached hydrogens (primary N) is 1. The van der Waals surface area contributed by atoms with Crippen LogP contribution in [0.4, 0.5) is 16.3 Å². The number of aromatic nitrogens is 4. The zero-order valence-corrected chi connectivity index (χ0v) is 36.6. The number of piperidine rings is 3. The lowest BCUT2D eigenvalue weighted by atomic mass is 9.99. The number of rotatable bonds is 8. The van der Waals surface area contributed by atoms with Crippen LogP contribution in [0.25, 0.3) is 22.3 Å². The van der Waals surface area contributed by atoms with Crippen LogP contribution in [0.2, 0.25) is 0 Å². The summed E-state index contributed by atoms with van der Waals surface area (Å²) in [5.74, 6) is -0.112. The van der Waals surface area contributed by atoms with E-state index in [1.807, 2.05) is 75.1 Å². The maximum Gasteiger partial charge on any atom is 0.320 e. The van der Waals surface area contributed by atoms with Crippen molar-refractivity contribution in [3.05, 3.63) is 90.3 Å². The summed E-state index contributed by atoms with van der Waals surface area (Å²) in [5, 5.41) is 8.13. The Morgan fingerprint density at radius 2 is 1.44 bits per heavy atom. The number of fused-ring (bicyclic) bond motifs is 2. The Balaban J connectivity index is 0.659. The van der Waals surface area contributed by atoms with E-state index in [9.17, 15) is 24.0 Å². The molecule has 18 heteroatoms. The highest BCUT2D eigenvalue weighted by Crippen LogP contribution is 2.37. The standard InChI is InChI=1S/C48H52N12O6/c49-43-41-42(30-8-11-36(12-9-30)66-35-6-2-1-3-7-35)53-60(44(41)51-29-50-43)33-5-4-18-57(26-33)34-27-58(28-34)48(65)56-19-16-31(17-20-56)54-21-23-55(24-22-54)32-10-13-37-38(25-32)47(64)59(46(37)63)39-14-15-40(61)52-45(39)62/h1-3,6-13,25,29,31,33-34,39H,4-5,14-24,26-28H2,(H2,49,50,51)(H,52,61,62)/t33-,39?/m1/s1. The maximum absolute atomic E-state index is 13.8. The van der Waals surface area contributed by atoms with Crippen LogP contribution in [-0.2, 0) is 9.59 Å². The van der Waals surface area contributed by atoms with Crippen molar-refractivity contribution < 1.29 is 28.7 Å². The van der Waals surface area contributed by atoms with Crippen LogP contribution in [-0.4, -0.2) is 157 Å². The summed E-state index contributed by atoms with van der Waals surface area (Å²) in [6, 6.07) is 22.7. The molecule has 5 fully saturated rings. The highest BCUT2D eigenvalue weighted by Gasteiger charge is 2.45. The molecule has 0 saturated carbocycles. The van der Waals surface area contributed by atoms with Crippen molar-refractivity contribution in [1.29, 1.82) is 0 Å². The monoisotopic (exact) mass is 892 g/mol. The van der Waals surface area contributed by atoms with Crippen LogP contribution in [0.3, 0.4) is 0 Å². The summed E-state index contributed by atoms with van der Waals surface area (Å²) < 4.78 is 8.06. The number of ether oxygens (including phenoxy) is 1. The van der Waals surface area contributed by atoms with Crippen molar-refractivity contribution in [3.63, 3.8) is 0 Å². The van der Waals surface area contributed by atoms with Crippen molar-refractivity contribution in [1.82, 2.24) is 49.6 Å². The minimum absolute atomic E-state index is 0.0843. The number of benzene rings is 3. The molecule has 6 amide bonds. The van der Waals surface area contributed by atoms with E-state index in [2.05, 4.69) is 30.0 Å². The van der Waals surface area contributed by atoms with Crippen molar-refractivity contribution in [3.8, 4) is 22.8 Å². The molecule has 3 N–H and O–H groups in total. The molecule has 8 heterocycles. The smallest absolute Gasteiger partial charge is 0.320 e. The van der Waals surface area contributed by atoms with Crippen LogP contribution in [0, 0.1) is 0 Å². The number of carbonyl (C=O) groups excluding carboxylic acids is 5. The number of hydrogen-bond donors (Lipinski definition) is 2. The van der Waals surface area contributed by atoms with Crippen molar-refractivity contribution >= 4 is 52.2 Å². The number of imide groups is 2. The third kappa shape index (κ3) is 7.66. The summed E-state index contributed by atoms with van der Waals surface area (Å²) in [6.07, 6.45) is 5.53. The highest BCUT2D eigenvalue weighted by atomic mass is 16.5. The normalized spacial score (nSPS) is 22.5. The van der Waals surface area contributed by atoms with Gasteiger partial charge in [-0.1, -0.05) is 18.2 Å². The summed E-state index contributed by atoms with van der Waals surface area (Å²) >= 11 is 0. The van der Waals surface area contributed by atoms with Crippen LogP contribution in [0.5, 0.6) is 11.5 Å². The quantitative estimate of drug-likeness (QED) is 0.213. The Morgan fingerprint density at radius 3 is 2.20 bits per heavy atom. The molecular formula is C48H52N12O6. The first-order valence-electron chi connectivity index (χ1n) is 23.1. The summed E-state index contributed by atoms with van der Waals surface area (Å²) in [7, 11) is 0. The summed E-state index contributed by atoms with van der Waals surface area (Å²) in [6.45, 7) is 7.89. The summed E-state index contributed by atoms with van der Waals surface area (Å²) in [4.78, 5) is 85.8. The Morgan fingerprint density at radius 1 is 0.697 bits per heavy atom. The van der Waals surface area contributed by atoms with Gasteiger partial charge in [0.15, 0.2) is 5.65 Å². The SMILES string of the molecule is Nc1ncnc2c1c(-c1ccc(Oc3ccccc3)cc1)nn2[C@@H]1CCCN(C2CN(C(=O)N3CCC(N4CCN(c5ccc6c(c5)C(=O)N(C5CCC(=O)NC5=O)C6=O)CC4)CC3)C2)C1. The van der Waals surface area contributed by atoms with E-state index in [1.54, 1.807) is 12.1 Å². The van der Waals surface area contributed by atoms with Gasteiger partial charge >= 0.3 is 6.03 Å². The Bertz CT molecular complexity index is 2710. The van der Waals surface area contributed by atoms with Gasteiger partial charge in [0.2, 0.25) is 11.8 Å². The Labute approximate surface area is 381 Å². The minimum Gasteiger partial charge on any atom is -0.457 e. The third-order valence-corrected chi connectivity index (χ3v) is 14.4. The second-order valence-electron chi connectivity index (χ2n) is 18.2. The van der Waals surface area contributed by atoms with Gasteiger partial charge in [0, 0.05) is 88.7 Å². The Hall–Kier alpha value is -6.92. The van der Waals surface area contributed by atoms with Gasteiger partial charge in [0.1, 0.15) is 35.4 Å². The Kier molecular flexibility index (Phi) is 10.8. The van der Waals surface area contributed by atoms with E-state index < -0.39 is 29.7 Å². The van der Waals surface area contributed by atoms with Gasteiger partial charge in [-0.25, -0.2) is 19.4 Å². The second kappa shape index (κ2) is 17.1. The van der Waals surface area contributed by atoms with Gasteiger partial charge in [-0.05, 0) is 93.2 Å². The van der Waals surface area contributed by atoms with E-state index in [-0.39, 0.29) is 36.5 Å². The van der Waals surface area contributed by atoms with Gasteiger partial charge in [-0.3, -0.25) is 39.2 Å². The van der Waals surface area contributed by atoms with E-state index in [1.165, 1.54) is 6.33 Å². The molecule has 2 atom stereocenters. The molecule has 0 radical (unpaired) electrons. The second-order valence-corrected chi connectivity index (χ2v) is 18.2. The molecular weight excluding hydrogens is 841 g/mol. The zero-order valence-electron chi connectivity index (χ0n) is 36.6. The average Bonchev–Trinajstić information content (AvgIpc) is 3.84. The fraction of sp³-hybridized carbons (Fsp3) is 0.417. The van der Waals surface area contributed by atoms with Crippen LogP contribution < -0.4 is 20.7 Å². The van der Waals surface area contributed by atoms with Gasteiger partial charge in [0.05, 0.1) is 22.6 Å². The molecule has 0 spiro atoms. The zero-order chi connectivity index (χ0) is 45.1. The number of hydrogen-bond acceptors (Lipinski definition) is 13. The summed E-state index contributed by atoms with van der Waals surface area (Å²) in [5.41, 5.74) is 10.3. The molecule has 3 aromatic carbocycles. The molecule has 6 aliphatic heterocycles. The van der Waals surface area contributed by atoms with E-state index >= 15 is 0 Å². The average molecular weight is 893 g/mol. The number of nitrogens with one attached hydrogen (secondary N) is 1. The third-order valence-electron chi connectivity index (χ3n) is 14.4. The lowest BCUT2D eigenvalue weighted by Gasteiger charge is -2.50. The number of nitrogen functional groups attached to an aromatic ring is 1. The molecule has 5 saturated heterocycles. The number of nitrogens with zero attached hydrogens (tertiary/aromatic N) is 10. The highest BCUT2D eigenvalue weighted by molar-refractivity contribution is 6.23. The number of anilines is 2. The lowest BCUT2D eigenvalue weighted by Crippen LogP contribution is -2.65. The van der Waals surface area contributed by atoms with Gasteiger partial charge in [-0.2, -0.15) is 5.10 Å². The van der Waals surface area contributed by atoms with E-state index in [0.717, 1.165) is 122 Å². The van der Waals surface area contributed by atoms with Gasteiger partial charge in [0.25, 0.3) is 11.8 Å². The first-order valence-corrected chi connectivity index (χ1v) is 23.1. The molecule has 66 heavy (non-hydrogen) atoms. The predicted octanol–water partition coefficient (Wildman–Crippen LogP) is 4.00. The lowest BCUT2D eigenvalue weighted by molar-refractivity contribution is -0.136. The number of para-hydroxylation sites is 1. The van der Waals surface area contributed by atoms with Crippen LogP contribution >= 0.6 is 0 Å². The number of amides is 6. The maximum atomic E-state index is 13.8. The minimum atomic E-state index is -0.985. The molecule has 5 aromatic rings. The van der Waals surface area contributed by atoms with Gasteiger partial charge < -0.3 is 25.2 Å². The molecule has 340 valence electrons. The molecule has 2 aromatic heterocycles. The molecule has 11 rings (SSSR count). The fourth-order valence-corrected chi connectivity index (χ4v) is 10.7. The number of carbonyl (C=O) groups is 5. The number of piperazine rings is 1. The topological polar surface area (TPSA) is 196 Å². The first kappa shape index (κ1) is 41.8. The molecule has 0 bridgehead atoms. The van der Waals surface area contributed by atoms with Gasteiger partial charge in [-0.15, -0.1) is 0 Å². The predicted molar refractivity (Wildman–Crippen MR) is 244 cm³/mol. The number of likely N-dealkylation sites (tertiary alicyclic amines) is 3. The molecule has 1 unspecified atom stereocenters. The van der Waals surface area contributed by atoms with Crippen molar-refractivity contribution in [2.24, 2.45) is 0 Å². The van der Waals surface area contributed by atoms with Crippen LogP contribution in [0.1, 0.15) is 65.3 Å². The first-order chi connectivity index (χ1) is 32.2. The molecule has 6 aliphatic rings. The number of urea groups is 1.